The standard InChI is InChI=1S/C19H20BrN3S/c1-2-12-23-18(13-15-6-4-3-5-7-15)21-22-19(23)24-14-16-8-10-17(20)11-9-16/h3-11H,2,12-14H2,1H3. The quantitative estimate of drug-likeness (QED) is 0.500. The number of halogens is 1. The molecule has 0 saturated carbocycles. The molecule has 2 aromatic carbocycles. The molecule has 1 aromatic heterocycles. The average Bonchev–Trinajstić information content (AvgIpc) is 2.98. The summed E-state index contributed by atoms with van der Waals surface area (Å²) < 4.78 is 3.37. The van der Waals surface area contributed by atoms with Crippen molar-refractivity contribution in [3.05, 3.63) is 76.0 Å². The number of hydrogen-bond acceptors (Lipinski definition) is 3. The van der Waals surface area contributed by atoms with Gasteiger partial charge in [-0.05, 0) is 29.7 Å². The van der Waals surface area contributed by atoms with Gasteiger partial charge in [-0.3, -0.25) is 0 Å². The van der Waals surface area contributed by atoms with Crippen molar-refractivity contribution < 1.29 is 0 Å². The SMILES string of the molecule is CCCn1c(Cc2ccccc2)nnc1SCc1ccc(Br)cc1. The Morgan fingerprint density at radius 2 is 1.71 bits per heavy atom. The number of aromatic nitrogens is 3. The van der Waals surface area contributed by atoms with Crippen molar-refractivity contribution >= 4 is 27.7 Å². The summed E-state index contributed by atoms with van der Waals surface area (Å²) in [6, 6.07) is 18.9. The Hall–Kier alpha value is -1.59. The Morgan fingerprint density at radius 3 is 2.42 bits per heavy atom. The predicted molar refractivity (Wildman–Crippen MR) is 103 cm³/mol. The molecule has 0 aliphatic heterocycles. The topological polar surface area (TPSA) is 30.7 Å². The van der Waals surface area contributed by atoms with Crippen LogP contribution < -0.4 is 0 Å². The molecule has 0 aliphatic carbocycles. The van der Waals surface area contributed by atoms with Gasteiger partial charge in [-0.2, -0.15) is 0 Å². The maximum Gasteiger partial charge on any atom is 0.191 e. The van der Waals surface area contributed by atoms with Crippen LogP contribution in [0.25, 0.3) is 0 Å². The summed E-state index contributed by atoms with van der Waals surface area (Å²) in [5.74, 6) is 1.95. The van der Waals surface area contributed by atoms with Crippen LogP contribution in [-0.4, -0.2) is 14.8 Å². The van der Waals surface area contributed by atoms with E-state index in [0.29, 0.717) is 0 Å². The van der Waals surface area contributed by atoms with Gasteiger partial charge in [-0.15, -0.1) is 10.2 Å². The number of hydrogen-bond donors (Lipinski definition) is 0. The summed E-state index contributed by atoms with van der Waals surface area (Å²) >= 11 is 5.23. The van der Waals surface area contributed by atoms with E-state index in [1.165, 1.54) is 11.1 Å². The van der Waals surface area contributed by atoms with Gasteiger partial charge in [-0.1, -0.05) is 77.1 Å². The van der Waals surface area contributed by atoms with E-state index in [2.05, 4.69) is 86.1 Å². The normalized spacial score (nSPS) is 10.9. The second kappa shape index (κ2) is 8.49. The minimum absolute atomic E-state index is 0.826. The van der Waals surface area contributed by atoms with Crippen LogP contribution in [0.2, 0.25) is 0 Å². The molecule has 0 N–H and O–H groups in total. The van der Waals surface area contributed by atoms with Crippen molar-refractivity contribution in [3.63, 3.8) is 0 Å². The Balaban J connectivity index is 1.74. The van der Waals surface area contributed by atoms with Crippen LogP contribution in [0.1, 0.15) is 30.3 Å². The monoisotopic (exact) mass is 401 g/mol. The van der Waals surface area contributed by atoms with E-state index in [1.54, 1.807) is 11.8 Å². The van der Waals surface area contributed by atoms with Crippen LogP contribution in [0.3, 0.4) is 0 Å². The highest BCUT2D eigenvalue weighted by Crippen LogP contribution is 2.24. The van der Waals surface area contributed by atoms with Crippen molar-refractivity contribution in [1.82, 2.24) is 14.8 Å². The van der Waals surface area contributed by atoms with Crippen molar-refractivity contribution in [2.24, 2.45) is 0 Å². The Labute approximate surface area is 155 Å². The molecule has 0 aliphatic rings. The minimum atomic E-state index is 0.826. The van der Waals surface area contributed by atoms with Gasteiger partial charge >= 0.3 is 0 Å². The second-order valence-corrected chi connectivity index (χ2v) is 7.49. The third-order valence-corrected chi connectivity index (χ3v) is 5.29. The van der Waals surface area contributed by atoms with Gasteiger partial charge in [0.25, 0.3) is 0 Å². The molecule has 0 fully saturated rings. The van der Waals surface area contributed by atoms with Gasteiger partial charge in [0.05, 0.1) is 0 Å². The van der Waals surface area contributed by atoms with E-state index in [1.807, 2.05) is 6.07 Å². The summed E-state index contributed by atoms with van der Waals surface area (Å²) in [6.07, 6.45) is 1.90. The first-order valence-electron chi connectivity index (χ1n) is 8.09. The van der Waals surface area contributed by atoms with Gasteiger partial charge in [0.1, 0.15) is 5.82 Å². The van der Waals surface area contributed by atoms with Crippen LogP contribution in [0, 0.1) is 0 Å². The van der Waals surface area contributed by atoms with E-state index in [4.69, 9.17) is 0 Å². The maximum atomic E-state index is 4.44. The van der Waals surface area contributed by atoms with Crippen LogP contribution >= 0.6 is 27.7 Å². The predicted octanol–water partition coefficient (Wildman–Crippen LogP) is 5.33. The highest BCUT2D eigenvalue weighted by Gasteiger charge is 2.12. The van der Waals surface area contributed by atoms with E-state index < -0.39 is 0 Å². The van der Waals surface area contributed by atoms with Crippen LogP contribution in [0.4, 0.5) is 0 Å². The summed E-state index contributed by atoms with van der Waals surface area (Å²) in [5.41, 5.74) is 2.56. The first-order chi connectivity index (χ1) is 11.8. The molecule has 0 atom stereocenters. The minimum Gasteiger partial charge on any atom is -0.306 e. The van der Waals surface area contributed by atoms with Crippen LogP contribution in [0.5, 0.6) is 0 Å². The number of nitrogens with zero attached hydrogens (tertiary/aromatic N) is 3. The molecule has 0 spiro atoms. The molecular weight excluding hydrogens is 382 g/mol. The molecular formula is C19H20BrN3S. The van der Waals surface area contributed by atoms with E-state index in [0.717, 1.165) is 40.6 Å². The zero-order valence-corrected chi connectivity index (χ0v) is 16.1. The fourth-order valence-corrected chi connectivity index (χ4v) is 3.72. The molecule has 0 unspecified atom stereocenters. The molecule has 0 amide bonds. The Kier molecular flexibility index (Phi) is 6.10. The van der Waals surface area contributed by atoms with E-state index in [-0.39, 0.29) is 0 Å². The highest BCUT2D eigenvalue weighted by molar-refractivity contribution is 9.10. The van der Waals surface area contributed by atoms with Crippen molar-refractivity contribution in [2.45, 2.75) is 37.2 Å². The van der Waals surface area contributed by atoms with Gasteiger partial charge in [0, 0.05) is 23.2 Å². The van der Waals surface area contributed by atoms with Gasteiger partial charge in [0.2, 0.25) is 0 Å². The lowest BCUT2D eigenvalue weighted by Crippen LogP contribution is -2.05. The van der Waals surface area contributed by atoms with Crippen molar-refractivity contribution in [3.8, 4) is 0 Å². The van der Waals surface area contributed by atoms with Crippen molar-refractivity contribution in [1.29, 1.82) is 0 Å². The molecule has 5 heteroatoms. The molecule has 3 rings (SSSR count). The smallest absolute Gasteiger partial charge is 0.191 e. The Morgan fingerprint density at radius 1 is 0.958 bits per heavy atom. The van der Waals surface area contributed by atoms with Gasteiger partial charge in [-0.25, -0.2) is 0 Å². The van der Waals surface area contributed by atoms with E-state index >= 15 is 0 Å². The highest BCUT2D eigenvalue weighted by atomic mass is 79.9. The molecule has 3 aromatic rings. The van der Waals surface area contributed by atoms with Crippen molar-refractivity contribution in [2.75, 3.05) is 0 Å². The maximum absolute atomic E-state index is 4.44. The molecule has 24 heavy (non-hydrogen) atoms. The largest absolute Gasteiger partial charge is 0.306 e. The molecule has 0 bridgehead atoms. The first kappa shape index (κ1) is 17.2. The number of rotatable bonds is 7. The molecule has 1 heterocycles. The molecule has 3 nitrogen and oxygen atoms in total. The fraction of sp³-hybridized carbons (Fsp3) is 0.263. The third kappa shape index (κ3) is 4.48. The lowest BCUT2D eigenvalue weighted by molar-refractivity contribution is 0.598. The first-order valence-corrected chi connectivity index (χ1v) is 9.87. The van der Waals surface area contributed by atoms with Crippen LogP contribution in [0.15, 0.2) is 64.2 Å². The molecule has 124 valence electrons. The zero-order chi connectivity index (χ0) is 16.8. The third-order valence-electron chi connectivity index (χ3n) is 3.73. The van der Waals surface area contributed by atoms with E-state index in [9.17, 15) is 0 Å². The zero-order valence-electron chi connectivity index (χ0n) is 13.7. The van der Waals surface area contributed by atoms with Gasteiger partial charge < -0.3 is 4.57 Å². The summed E-state index contributed by atoms with van der Waals surface area (Å²) in [5, 5.41) is 9.88. The average molecular weight is 402 g/mol. The summed E-state index contributed by atoms with van der Waals surface area (Å²) in [4.78, 5) is 0. The number of thioether (sulfide) groups is 1. The van der Waals surface area contributed by atoms with Gasteiger partial charge in [0.15, 0.2) is 5.16 Å². The molecule has 0 saturated heterocycles. The lowest BCUT2D eigenvalue weighted by Gasteiger charge is -2.09. The summed E-state index contributed by atoms with van der Waals surface area (Å²) in [7, 11) is 0. The Bertz CT molecular complexity index is 769. The second-order valence-electron chi connectivity index (χ2n) is 5.63. The molecule has 0 radical (unpaired) electrons. The number of benzene rings is 2. The fourth-order valence-electron chi connectivity index (χ4n) is 2.51. The summed E-state index contributed by atoms with van der Waals surface area (Å²) in [6.45, 7) is 3.15. The van der Waals surface area contributed by atoms with Crippen LogP contribution in [-0.2, 0) is 18.7 Å². The lowest BCUT2D eigenvalue weighted by atomic mass is 10.1.